The summed E-state index contributed by atoms with van der Waals surface area (Å²) >= 11 is 11.8. The lowest BCUT2D eigenvalue weighted by atomic mass is 10.0. The minimum atomic E-state index is -0.569. The second kappa shape index (κ2) is 6.25. The van der Waals surface area contributed by atoms with Crippen molar-refractivity contribution in [2.45, 2.75) is 6.42 Å². The largest absolute Gasteiger partial charge is 0.494 e. The average Bonchev–Trinajstić information content (AvgIpc) is 2.41. The third-order valence-electron chi connectivity index (χ3n) is 2.84. The summed E-state index contributed by atoms with van der Waals surface area (Å²) in [6.07, 6.45) is 0.0851. The molecule has 0 atom stereocenters. The molecule has 0 N–H and O–H groups in total. The summed E-state index contributed by atoms with van der Waals surface area (Å²) in [5.41, 5.74) is 0.923. The third kappa shape index (κ3) is 3.30. The number of Topliss-reactive ketones (excluding diaryl/α,β-unsaturated/α-hetero) is 1. The van der Waals surface area contributed by atoms with E-state index in [0.717, 1.165) is 6.07 Å². The maximum atomic E-state index is 13.6. The Kier molecular flexibility index (Phi) is 4.63. The van der Waals surface area contributed by atoms with Gasteiger partial charge < -0.3 is 4.74 Å². The van der Waals surface area contributed by atoms with Crippen LogP contribution < -0.4 is 4.74 Å². The molecule has 20 heavy (non-hydrogen) atoms. The first-order valence-corrected chi connectivity index (χ1v) is 6.57. The van der Waals surface area contributed by atoms with Gasteiger partial charge in [-0.05, 0) is 35.9 Å². The van der Waals surface area contributed by atoms with E-state index in [2.05, 4.69) is 0 Å². The normalized spacial score (nSPS) is 10.4. The second-order valence-electron chi connectivity index (χ2n) is 4.19. The molecule has 5 heteroatoms. The average molecular weight is 313 g/mol. The van der Waals surface area contributed by atoms with Gasteiger partial charge in [-0.2, -0.15) is 0 Å². The molecule has 104 valence electrons. The molecule has 2 aromatic rings. The zero-order valence-corrected chi connectivity index (χ0v) is 12.1. The van der Waals surface area contributed by atoms with Gasteiger partial charge in [0.1, 0.15) is 0 Å². The van der Waals surface area contributed by atoms with Crippen molar-refractivity contribution in [1.82, 2.24) is 0 Å². The molecule has 0 heterocycles. The number of hydrogen-bond donors (Lipinski definition) is 0. The molecule has 0 radical (unpaired) electrons. The topological polar surface area (TPSA) is 26.3 Å². The quantitative estimate of drug-likeness (QED) is 0.773. The van der Waals surface area contributed by atoms with E-state index >= 15 is 0 Å². The minimum absolute atomic E-state index is 0.0851. The van der Waals surface area contributed by atoms with E-state index in [-0.39, 0.29) is 23.5 Å². The lowest BCUT2D eigenvalue weighted by Gasteiger charge is -2.06. The van der Waals surface area contributed by atoms with E-state index in [1.807, 2.05) is 0 Å². The summed E-state index contributed by atoms with van der Waals surface area (Å²) in [5.74, 6) is -0.692. The number of benzene rings is 2. The first-order valence-electron chi connectivity index (χ1n) is 5.82. The van der Waals surface area contributed by atoms with Crippen LogP contribution in [0.25, 0.3) is 0 Å². The minimum Gasteiger partial charge on any atom is -0.494 e. The molecule has 0 aliphatic heterocycles. The van der Waals surface area contributed by atoms with Crippen LogP contribution in [-0.4, -0.2) is 12.9 Å². The maximum Gasteiger partial charge on any atom is 0.167 e. The molecule has 0 saturated carbocycles. The van der Waals surface area contributed by atoms with Crippen molar-refractivity contribution in [1.29, 1.82) is 0 Å². The van der Waals surface area contributed by atoms with Crippen molar-refractivity contribution in [2.24, 2.45) is 0 Å². The third-order valence-corrected chi connectivity index (χ3v) is 3.43. The Morgan fingerprint density at radius 3 is 2.55 bits per heavy atom. The molecule has 0 saturated heterocycles. The number of carbonyl (C=O) groups excluding carboxylic acids is 1. The number of ketones is 1. The zero-order valence-electron chi connectivity index (χ0n) is 10.6. The number of ether oxygens (including phenoxy) is 1. The van der Waals surface area contributed by atoms with Crippen molar-refractivity contribution >= 4 is 29.0 Å². The number of halogens is 3. The predicted octanol–water partition coefficient (Wildman–Crippen LogP) is 4.57. The molecule has 0 spiro atoms. The Hall–Kier alpha value is -1.58. The predicted molar refractivity (Wildman–Crippen MR) is 77.4 cm³/mol. The van der Waals surface area contributed by atoms with Crippen LogP contribution in [0.2, 0.25) is 10.0 Å². The van der Waals surface area contributed by atoms with E-state index in [1.54, 1.807) is 18.2 Å². The summed E-state index contributed by atoms with van der Waals surface area (Å²) in [6.45, 7) is 0. The summed E-state index contributed by atoms with van der Waals surface area (Å²) in [7, 11) is 1.37. The lowest BCUT2D eigenvalue weighted by molar-refractivity contribution is 0.0992. The molecule has 0 aliphatic carbocycles. The van der Waals surface area contributed by atoms with Gasteiger partial charge in [0.15, 0.2) is 17.3 Å². The van der Waals surface area contributed by atoms with Gasteiger partial charge in [-0.3, -0.25) is 4.79 Å². The number of hydrogen-bond acceptors (Lipinski definition) is 2. The molecule has 0 aliphatic rings. The molecule has 0 bridgehead atoms. The lowest BCUT2D eigenvalue weighted by Crippen LogP contribution is -2.05. The molecule has 0 unspecified atom stereocenters. The van der Waals surface area contributed by atoms with Gasteiger partial charge in [-0.15, -0.1) is 0 Å². The van der Waals surface area contributed by atoms with E-state index in [1.165, 1.54) is 19.2 Å². The summed E-state index contributed by atoms with van der Waals surface area (Å²) in [4.78, 5) is 12.1. The molecule has 0 aromatic heterocycles. The summed E-state index contributed by atoms with van der Waals surface area (Å²) in [6, 6.07) is 9.01. The number of carbonyl (C=O) groups is 1. The molecular weight excluding hydrogens is 302 g/mol. The van der Waals surface area contributed by atoms with Crippen LogP contribution in [0.4, 0.5) is 4.39 Å². The fourth-order valence-electron chi connectivity index (χ4n) is 1.78. The van der Waals surface area contributed by atoms with Crippen LogP contribution in [0.3, 0.4) is 0 Å². The van der Waals surface area contributed by atoms with Crippen molar-refractivity contribution < 1.29 is 13.9 Å². The summed E-state index contributed by atoms with van der Waals surface area (Å²) < 4.78 is 18.4. The Labute approximate surface area is 126 Å². The Balaban J connectivity index is 2.21. The highest BCUT2D eigenvalue weighted by Gasteiger charge is 2.12. The van der Waals surface area contributed by atoms with Crippen LogP contribution >= 0.6 is 23.2 Å². The van der Waals surface area contributed by atoms with Crippen molar-refractivity contribution in [3.05, 3.63) is 63.4 Å². The van der Waals surface area contributed by atoms with Crippen LogP contribution in [0.5, 0.6) is 5.75 Å². The molecule has 0 amide bonds. The van der Waals surface area contributed by atoms with Crippen molar-refractivity contribution in [3.8, 4) is 5.75 Å². The smallest absolute Gasteiger partial charge is 0.167 e. The van der Waals surface area contributed by atoms with Crippen LogP contribution in [-0.2, 0) is 6.42 Å². The van der Waals surface area contributed by atoms with Gasteiger partial charge in [-0.25, -0.2) is 4.39 Å². The van der Waals surface area contributed by atoms with Gasteiger partial charge in [0.2, 0.25) is 0 Å². The van der Waals surface area contributed by atoms with Gasteiger partial charge in [0.25, 0.3) is 0 Å². The van der Waals surface area contributed by atoms with Crippen LogP contribution in [0.1, 0.15) is 15.9 Å². The first-order chi connectivity index (χ1) is 9.51. The fourth-order valence-corrected chi connectivity index (χ4v) is 2.26. The van der Waals surface area contributed by atoms with Crippen molar-refractivity contribution in [2.75, 3.05) is 7.11 Å². The molecule has 2 rings (SSSR count). The van der Waals surface area contributed by atoms with Crippen LogP contribution in [0, 0.1) is 5.82 Å². The molecule has 0 fully saturated rings. The standard InChI is InChI=1S/C15H11Cl2FO2/c1-20-15-5-3-10(6-13(15)18)14(19)7-9-2-4-11(16)8-12(9)17/h2-6,8H,7H2,1H3. The second-order valence-corrected chi connectivity index (χ2v) is 5.03. The van der Waals surface area contributed by atoms with E-state index < -0.39 is 5.82 Å². The number of rotatable bonds is 4. The first kappa shape index (κ1) is 14.8. The zero-order chi connectivity index (χ0) is 14.7. The SMILES string of the molecule is COc1ccc(C(=O)Cc2ccc(Cl)cc2Cl)cc1F. The van der Waals surface area contributed by atoms with Crippen LogP contribution in [0.15, 0.2) is 36.4 Å². The molecule has 2 aromatic carbocycles. The van der Waals surface area contributed by atoms with Crippen molar-refractivity contribution in [3.63, 3.8) is 0 Å². The highest BCUT2D eigenvalue weighted by molar-refractivity contribution is 6.35. The highest BCUT2D eigenvalue weighted by Crippen LogP contribution is 2.23. The van der Waals surface area contributed by atoms with Gasteiger partial charge >= 0.3 is 0 Å². The van der Waals surface area contributed by atoms with Gasteiger partial charge in [0, 0.05) is 22.0 Å². The molecular formula is C15H11Cl2FO2. The van der Waals surface area contributed by atoms with Gasteiger partial charge in [-0.1, -0.05) is 29.3 Å². The van der Waals surface area contributed by atoms with E-state index in [0.29, 0.717) is 15.6 Å². The monoisotopic (exact) mass is 312 g/mol. The Morgan fingerprint density at radius 2 is 1.95 bits per heavy atom. The van der Waals surface area contributed by atoms with E-state index in [4.69, 9.17) is 27.9 Å². The van der Waals surface area contributed by atoms with E-state index in [9.17, 15) is 9.18 Å². The fraction of sp³-hybridized carbons (Fsp3) is 0.133. The Morgan fingerprint density at radius 1 is 1.20 bits per heavy atom. The highest BCUT2D eigenvalue weighted by atomic mass is 35.5. The summed E-state index contributed by atoms with van der Waals surface area (Å²) in [5, 5.41) is 0.918. The molecule has 2 nitrogen and oxygen atoms in total. The Bertz CT molecular complexity index is 656. The van der Waals surface area contributed by atoms with Gasteiger partial charge in [0.05, 0.1) is 7.11 Å². The number of methoxy groups -OCH3 is 1. The maximum absolute atomic E-state index is 13.6.